The Labute approximate surface area is 94.1 Å². The number of nitrogens with zero attached hydrogens (tertiary/aromatic N) is 1. The topological polar surface area (TPSA) is 34.0 Å². The molecule has 0 atom stereocenters. The van der Waals surface area contributed by atoms with E-state index >= 15 is 0 Å². The summed E-state index contributed by atoms with van der Waals surface area (Å²) >= 11 is 5.89. The van der Waals surface area contributed by atoms with Crippen molar-refractivity contribution in [1.82, 2.24) is 4.57 Å². The van der Waals surface area contributed by atoms with Gasteiger partial charge in [-0.1, -0.05) is 0 Å². The Kier molecular flexibility index (Phi) is 3.00. The van der Waals surface area contributed by atoms with Gasteiger partial charge in [0, 0.05) is 36.9 Å². The second-order valence-electron chi connectivity index (χ2n) is 4.18. The van der Waals surface area contributed by atoms with Gasteiger partial charge in [-0.2, -0.15) is 0 Å². The molecule has 1 N–H and O–H groups in total. The van der Waals surface area contributed by atoms with E-state index in [0.717, 1.165) is 25.1 Å². The van der Waals surface area contributed by atoms with Crippen LogP contribution in [0.4, 0.5) is 5.69 Å². The maximum Gasteiger partial charge on any atom is 0.252 e. The highest BCUT2D eigenvalue weighted by molar-refractivity contribution is 6.21. The van der Waals surface area contributed by atoms with E-state index in [1.165, 1.54) is 0 Å². The standard InChI is InChI=1S/C11H15ClN2O/c1-14-3-2-10(6-11(14)15)13-7-8-4-9(12)5-8/h2-3,6,8-9,13H,4-5,7H2,1H3. The van der Waals surface area contributed by atoms with Crippen molar-refractivity contribution < 1.29 is 0 Å². The van der Waals surface area contributed by atoms with Crippen LogP contribution in [0.3, 0.4) is 0 Å². The smallest absolute Gasteiger partial charge is 0.252 e. The van der Waals surface area contributed by atoms with Gasteiger partial charge >= 0.3 is 0 Å². The number of hydrogen-bond acceptors (Lipinski definition) is 2. The molecule has 0 unspecified atom stereocenters. The summed E-state index contributed by atoms with van der Waals surface area (Å²) in [5.41, 5.74) is 0.917. The highest BCUT2D eigenvalue weighted by atomic mass is 35.5. The number of halogens is 1. The van der Waals surface area contributed by atoms with Crippen LogP contribution in [0.2, 0.25) is 0 Å². The van der Waals surface area contributed by atoms with Crippen LogP contribution in [-0.2, 0) is 7.05 Å². The summed E-state index contributed by atoms with van der Waals surface area (Å²) < 4.78 is 1.56. The molecule has 1 aromatic heterocycles. The van der Waals surface area contributed by atoms with E-state index in [9.17, 15) is 4.79 Å². The number of hydrogen-bond donors (Lipinski definition) is 1. The predicted octanol–water partition coefficient (Wildman–Crippen LogP) is 1.81. The van der Waals surface area contributed by atoms with Crippen LogP contribution in [0, 0.1) is 5.92 Å². The van der Waals surface area contributed by atoms with Crippen molar-refractivity contribution in [3.8, 4) is 0 Å². The quantitative estimate of drug-likeness (QED) is 0.798. The summed E-state index contributed by atoms with van der Waals surface area (Å²) in [5, 5.41) is 3.62. The Morgan fingerprint density at radius 2 is 2.33 bits per heavy atom. The number of aromatic nitrogens is 1. The van der Waals surface area contributed by atoms with Crippen LogP contribution in [0.15, 0.2) is 23.1 Å². The van der Waals surface area contributed by atoms with Gasteiger partial charge in [-0.25, -0.2) is 0 Å². The average molecular weight is 227 g/mol. The Morgan fingerprint density at radius 1 is 1.60 bits per heavy atom. The highest BCUT2D eigenvalue weighted by Gasteiger charge is 2.26. The molecule has 0 bridgehead atoms. The molecule has 4 heteroatoms. The molecule has 3 nitrogen and oxygen atoms in total. The van der Waals surface area contributed by atoms with Gasteiger partial charge in [-0.15, -0.1) is 11.6 Å². The highest BCUT2D eigenvalue weighted by Crippen LogP contribution is 2.31. The van der Waals surface area contributed by atoms with E-state index in [-0.39, 0.29) is 5.56 Å². The average Bonchev–Trinajstić information content (AvgIpc) is 2.16. The molecular formula is C11H15ClN2O. The first kappa shape index (κ1) is 10.6. The van der Waals surface area contributed by atoms with Crippen molar-refractivity contribution in [3.63, 3.8) is 0 Å². The summed E-state index contributed by atoms with van der Waals surface area (Å²) in [5.74, 6) is 0.663. The van der Waals surface area contributed by atoms with Gasteiger partial charge in [0.25, 0.3) is 5.56 Å². The molecule has 1 aromatic rings. The lowest BCUT2D eigenvalue weighted by atomic mass is 9.85. The molecule has 1 aliphatic carbocycles. The summed E-state index contributed by atoms with van der Waals surface area (Å²) in [6, 6.07) is 3.54. The zero-order valence-corrected chi connectivity index (χ0v) is 9.50. The van der Waals surface area contributed by atoms with Crippen molar-refractivity contribution in [2.75, 3.05) is 11.9 Å². The fourth-order valence-electron chi connectivity index (χ4n) is 1.74. The first-order chi connectivity index (χ1) is 7.15. The van der Waals surface area contributed by atoms with Crippen LogP contribution in [0.1, 0.15) is 12.8 Å². The minimum absolute atomic E-state index is 0.0174. The van der Waals surface area contributed by atoms with E-state index in [1.807, 2.05) is 6.07 Å². The zero-order chi connectivity index (χ0) is 10.8. The third-order valence-corrected chi connectivity index (χ3v) is 3.23. The molecule has 15 heavy (non-hydrogen) atoms. The molecule has 0 aliphatic heterocycles. The van der Waals surface area contributed by atoms with Crippen LogP contribution in [-0.4, -0.2) is 16.5 Å². The minimum atomic E-state index is 0.0174. The Morgan fingerprint density at radius 3 is 2.93 bits per heavy atom. The number of alkyl halides is 1. The molecule has 1 saturated carbocycles. The molecule has 2 rings (SSSR count). The Bertz CT molecular complexity index is 396. The Hall–Kier alpha value is -0.960. The normalized spacial score (nSPS) is 24.7. The van der Waals surface area contributed by atoms with Crippen LogP contribution < -0.4 is 10.9 Å². The van der Waals surface area contributed by atoms with Crippen LogP contribution >= 0.6 is 11.6 Å². The van der Waals surface area contributed by atoms with Gasteiger partial charge in [0.05, 0.1) is 0 Å². The number of anilines is 1. The van der Waals surface area contributed by atoms with Crippen LogP contribution in [0.5, 0.6) is 0 Å². The fourth-order valence-corrected chi connectivity index (χ4v) is 2.25. The molecule has 0 spiro atoms. The maximum absolute atomic E-state index is 11.3. The molecule has 82 valence electrons. The molecule has 1 fully saturated rings. The molecule has 0 radical (unpaired) electrons. The van der Waals surface area contributed by atoms with E-state index in [2.05, 4.69) is 5.32 Å². The first-order valence-electron chi connectivity index (χ1n) is 5.20. The lowest BCUT2D eigenvalue weighted by Crippen LogP contribution is -2.30. The minimum Gasteiger partial charge on any atom is -0.385 e. The predicted molar refractivity (Wildman–Crippen MR) is 62.5 cm³/mol. The van der Waals surface area contributed by atoms with Crippen molar-refractivity contribution in [3.05, 3.63) is 28.7 Å². The van der Waals surface area contributed by atoms with Crippen molar-refractivity contribution in [1.29, 1.82) is 0 Å². The van der Waals surface area contributed by atoms with Gasteiger partial charge in [0.2, 0.25) is 0 Å². The molecule has 1 heterocycles. The van der Waals surface area contributed by atoms with E-state index in [1.54, 1.807) is 23.9 Å². The molecule has 1 aliphatic rings. The Balaban J connectivity index is 1.88. The zero-order valence-electron chi connectivity index (χ0n) is 8.74. The van der Waals surface area contributed by atoms with Crippen molar-refractivity contribution >= 4 is 17.3 Å². The lowest BCUT2D eigenvalue weighted by Gasteiger charge is -2.31. The maximum atomic E-state index is 11.3. The fraction of sp³-hybridized carbons (Fsp3) is 0.545. The summed E-state index contributed by atoms with van der Waals surface area (Å²) in [6.45, 7) is 0.913. The number of pyridine rings is 1. The van der Waals surface area contributed by atoms with E-state index in [4.69, 9.17) is 11.6 Å². The van der Waals surface area contributed by atoms with Crippen molar-refractivity contribution in [2.24, 2.45) is 13.0 Å². The molecule has 0 amide bonds. The second-order valence-corrected chi connectivity index (χ2v) is 4.80. The third kappa shape index (κ3) is 2.53. The van der Waals surface area contributed by atoms with Gasteiger partial charge in [0.15, 0.2) is 0 Å². The monoisotopic (exact) mass is 226 g/mol. The lowest BCUT2D eigenvalue weighted by molar-refractivity contribution is 0.341. The van der Waals surface area contributed by atoms with E-state index < -0.39 is 0 Å². The van der Waals surface area contributed by atoms with Crippen molar-refractivity contribution in [2.45, 2.75) is 18.2 Å². The molecule has 0 saturated heterocycles. The SMILES string of the molecule is Cn1ccc(NCC2CC(Cl)C2)cc1=O. The summed E-state index contributed by atoms with van der Waals surface area (Å²) in [4.78, 5) is 11.3. The summed E-state index contributed by atoms with van der Waals surface area (Å²) in [6.07, 6.45) is 3.94. The number of nitrogens with one attached hydrogen (secondary N) is 1. The van der Waals surface area contributed by atoms with E-state index in [0.29, 0.717) is 11.3 Å². The number of rotatable bonds is 3. The van der Waals surface area contributed by atoms with Gasteiger partial charge in [0.1, 0.15) is 0 Å². The van der Waals surface area contributed by atoms with Crippen LogP contribution in [0.25, 0.3) is 0 Å². The number of aryl methyl sites for hydroxylation is 1. The second kappa shape index (κ2) is 4.27. The molecule has 0 aromatic carbocycles. The van der Waals surface area contributed by atoms with Gasteiger partial charge < -0.3 is 9.88 Å². The molecular weight excluding hydrogens is 212 g/mol. The third-order valence-electron chi connectivity index (χ3n) is 2.88. The first-order valence-corrected chi connectivity index (χ1v) is 5.63. The van der Waals surface area contributed by atoms with Gasteiger partial charge in [-0.3, -0.25) is 4.79 Å². The summed E-state index contributed by atoms with van der Waals surface area (Å²) in [7, 11) is 1.75. The van der Waals surface area contributed by atoms with Gasteiger partial charge in [-0.05, 0) is 24.8 Å². The largest absolute Gasteiger partial charge is 0.385 e.